The van der Waals surface area contributed by atoms with E-state index in [0.717, 1.165) is 6.20 Å². The summed E-state index contributed by atoms with van der Waals surface area (Å²) in [6.07, 6.45) is 4.97. The minimum absolute atomic E-state index is 0.123. The van der Waals surface area contributed by atoms with Crippen molar-refractivity contribution in [1.29, 1.82) is 0 Å². The molecule has 0 saturated heterocycles. The summed E-state index contributed by atoms with van der Waals surface area (Å²) >= 11 is 0. The van der Waals surface area contributed by atoms with Crippen LogP contribution in [-0.2, 0) is 9.84 Å². The highest BCUT2D eigenvalue weighted by molar-refractivity contribution is 7.90. The highest BCUT2D eigenvalue weighted by Gasteiger charge is 2.14. The lowest BCUT2D eigenvalue weighted by Gasteiger charge is -2.16. The Bertz CT molecular complexity index is 462. The number of aromatic nitrogens is 1. The smallest absolute Gasteiger partial charge is 0.147 e. The number of sulfone groups is 1. The van der Waals surface area contributed by atoms with Crippen LogP contribution in [-0.4, -0.2) is 32.5 Å². The Morgan fingerprint density at radius 1 is 1.53 bits per heavy atom. The van der Waals surface area contributed by atoms with Gasteiger partial charge in [-0.3, -0.25) is 4.98 Å². The first-order valence-electron chi connectivity index (χ1n) is 5.38. The topological polar surface area (TPSA) is 59.1 Å². The average molecular weight is 260 g/mol. The van der Waals surface area contributed by atoms with Gasteiger partial charge in [-0.15, -0.1) is 0 Å². The quantitative estimate of drug-likeness (QED) is 0.837. The zero-order chi connectivity index (χ0) is 12.9. The van der Waals surface area contributed by atoms with Crippen LogP contribution in [0.2, 0.25) is 0 Å². The summed E-state index contributed by atoms with van der Waals surface area (Å²) in [5.74, 6) is -0.246. The van der Waals surface area contributed by atoms with E-state index < -0.39 is 9.84 Å². The molecule has 0 amide bonds. The third kappa shape index (κ3) is 4.79. The van der Waals surface area contributed by atoms with Crippen molar-refractivity contribution in [3.63, 3.8) is 0 Å². The molecule has 1 aromatic rings. The molecule has 1 atom stereocenters. The Morgan fingerprint density at radius 2 is 2.24 bits per heavy atom. The zero-order valence-corrected chi connectivity index (χ0v) is 10.8. The number of halogens is 1. The Labute approximate surface area is 101 Å². The van der Waals surface area contributed by atoms with Crippen LogP contribution in [0.15, 0.2) is 18.5 Å². The van der Waals surface area contributed by atoms with Crippen molar-refractivity contribution in [3.05, 3.63) is 29.8 Å². The molecule has 0 saturated carbocycles. The largest absolute Gasteiger partial charge is 0.313 e. The molecule has 0 aliphatic rings. The first-order valence-corrected chi connectivity index (χ1v) is 7.44. The molecule has 1 aromatic heterocycles. The van der Waals surface area contributed by atoms with Gasteiger partial charge in [-0.25, -0.2) is 12.8 Å². The van der Waals surface area contributed by atoms with Crippen LogP contribution >= 0.6 is 0 Å². The van der Waals surface area contributed by atoms with Crippen molar-refractivity contribution < 1.29 is 12.8 Å². The van der Waals surface area contributed by atoms with Crippen LogP contribution in [0.25, 0.3) is 0 Å². The number of nitrogens with one attached hydrogen (secondary N) is 1. The molecule has 6 heteroatoms. The molecule has 4 nitrogen and oxygen atoms in total. The van der Waals surface area contributed by atoms with Gasteiger partial charge in [0.1, 0.15) is 15.7 Å². The molecule has 1 unspecified atom stereocenters. The SMILES string of the molecule is CNC(CCCS(C)(=O)=O)c1ccncc1F. The normalized spacial score (nSPS) is 13.6. The molecular formula is C11H17FN2O2S. The fourth-order valence-corrected chi connectivity index (χ4v) is 2.36. The molecule has 96 valence electrons. The van der Waals surface area contributed by atoms with E-state index in [4.69, 9.17) is 0 Å². The minimum atomic E-state index is -2.95. The maximum atomic E-state index is 13.5. The number of hydrogen-bond acceptors (Lipinski definition) is 4. The lowest BCUT2D eigenvalue weighted by atomic mass is 10.0. The second-order valence-electron chi connectivity index (χ2n) is 4.01. The van der Waals surface area contributed by atoms with E-state index in [1.54, 1.807) is 13.1 Å². The number of rotatable bonds is 6. The predicted molar refractivity (Wildman–Crippen MR) is 64.9 cm³/mol. The monoisotopic (exact) mass is 260 g/mol. The second kappa shape index (κ2) is 6.07. The van der Waals surface area contributed by atoms with Gasteiger partial charge in [0.05, 0.1) is 6.20 Å². The molecule has 1 rings (SSSR count). The van der Waals surface area contributed by atoms with E-state index in [1.807, 2.05) is 0 Å². The summed E-state index contributed by atoms with van der Waals surface area (Å²) in [5, 5.41) is 2.98. The standard InChI is InChI=1S/C11H17FN2O2S/c1-13-11(4-3-7-17(2,15)16)9-5-6-14-8-10(9)12/h5-6,8,11,13H,3-4,7H2,1-2H3. The van der Waals surface area contributed by atoms with E-state index in [-0.39, 0.29) is 17.6 Å². The third-order valence-corrected chi connectivity index (χ3v) is 3.57. The molecule has 0 bridgehead atoms. The number of hydrogen-bond donors (Lipinski definition) is 1. The van der Waals surface area contributed by atoms with Gasteiger partial charge in [0, 0.05) is 29.8 Å². The molecule has 0 spiro atoms. The Hall–Kier alpha value is -1.01. The molecule has 0 aromatic carbocycles. The van der Waals surface area contributed by atoms with Crippen LogP contribution in [0.3, 0.4) is 0 Å². The first kappa shape index (κ1) is 14.1. The summed E-state index contributed by atoms with van der Waals surface area (Å²) in [6.45, 7) is 0. The summed E-state index contributed by atoms with van der Waals surface area (Å²) in [4.78, 5) is 3.68. The predicted octanol–water partition coefficient (Wildman–Crippen LogP) is 1.31. The Kier molecular flexibility index (Phi) is 5.02. The van der Waals surface area contributed by atoms with Crippen LogP contribution in [0.1, 0.15) is 24.4 Å². The van der Waals surface area contributed by atoms with Gasteiger partial charge in [-0.1, -0.05) is 0 Å². The molecule has 0 aliphatic carbocycles. The van der Waals surface area contributed by atoms with E-state index in [0.29, 0.717) is 18.4 Å². The van der Waals surface area contributed by atoms with Crippen molar-refractivity contribution in [2.75, 3.05) is 19.1 Å². The summed E-state index contributed by atoms with van der Waals surface area (Å²) in [5.41, 5.74) is 0.524. The Morgan fingerprint density at radius 3 is 2.76 bits per heavy atom. The molecular weight excluding hydrogens is 243 g/mol. The summed E-state index contributed by atoms with van der Waals surface area (Å²) in [6, 6.07) is 1.43. The second-order valence-corrected chi connectivity index (χ2v) is 6.27. The zero-order valence-electron chi connectivity index (χ0n) is 9.98. The molecule has 0 fully saturated rings. The minimum Gasteiger partial charge on any atom is -0.313 e. The molecule has 0 aliphatic heterocycles. The van der Waals surface area contributed by atoms with Crippen molar-refractivity contribution in [3.8, 4) is 0 Å². The number of nitrogens with zero attached hydrogens (tertiary/aromatic N) is 1. The van der Waals surface area contributed by atoms with Gasteiger partial charge in [0.25, 0.3) is 0 Å². The molecule has 0 radical (unpaired) electrons. The molecule has 1 N–H and O–H groups in total. The van der Waals surface area contributed by atoms with Crippen molar-refractivity contribution >= 4 is 9.84 Å². The average Bonchev–Trinajstić information content (AvgIpc) is 2.24. The van der Waals surface area contributed by atoms with E-state index in [9.17, 15) is 12.8 Å². The van der Waals surface area contributed by atoms with E-state index >= 15 is 0 Å². The van der Waals surface area contributed by atoms with Crippen LogP contribution in [0, 0.1) is 5.82 Å². The summed E-state index contributed by atoms with van der Waals surface area (Å²) < 4.78 is 35.5. The van der Waals surface area contributed by atoms with Crippen molar-refractivity contribution in [1.82, 2.24) is 10.3 Å². The van der Waals surface area contributed by atoms with Gasteiger partial charge in [0.15, 0.2) is 0 Å². The fourth-order valence-electron chi connectivity index (χ4n) is 1.67. The molecule has 1 heterocycles. The van der Waals surface area contributed by atoms with Gasteiger partial charge >= 0.3 is 0 Å². The number of pyridine rings is 1. The van der Waals surface area contributed by atoms with Gasteiger partial charge < -0.3 is 5.32 Å². The van der Waals surface area contributed by atoms with Crippen LogP contribution < -0.4 is 5.32 Å². The van der Waals surface area contributed by atoms with E-state index in [1.165, 1.54) is 12.5 Å². The van der Waals surface area contributed by atoms with Gasteiger partial charge in [-0.2, -0.15) is 0 Å². The fraction of sp³-hybridized carbons (Fsp3) is 0.545. The first-order chi connectivity index (χ1) is 7.94. The highest BCUT2D eigenvalue weighted by Crippen LogP contribution is 2.20. The highest BCUT2D eigenvalue weighted by atomic mass is 32.2. The summed E-state index contributed by atoms with van der Waals surface area (Å²) in [7, 11) is -1.23. The van der Waals surface area contributed by atoms with E-state index in [2.05, 4.69) is 10.3 Å². The third-order valence-electron chi connectivity index (χ3n) is 2.54. The lowest BCUT2D eigenvalue weighted by Crippen LogP contribution is -2.19. The lowest BCUT2D eigenvalue weighted by molar-refractivity contribution is 0.500. The van der Waals surface area contributed by atoms with Crippen LogP contribution in [0.4, 0.5) is 4.39 Å². The maximum absolute atomic E-state index is 13.5. The van der Waals surface area contributed by atoms with Gasteiger partial charge in [0.2, 0.25) is 0 Å². The van der Waals surface area contributed by atoms with Crippen molar-refractivity contribution in [2.24, 2.45) is 0 Å². The Balaban J connectivity index is 2.64. The van der Waals surface area contributed by atoms with Crippen molar-refractivity contribution in [2.45, 2.75) is 18.9 Å². The van der Waals surface area contributed by atoms with Gasteiger partial charge in [-0.05, 0) is 26.0 Å². The maximum Gasteiger partial charge on any atom is 0.147 e. The van der Waals surface area contributed by atoms with Crippen LogP contribution in [0.5, 0.6) is 0 Å². The molecule has 17 heavy (non-hydrogen) atoms.